The number of nitrogens with one attached hydrogen (secondary N) is 2. The van der Waals surface area contributed by atoms with E-state index in [-0.39, 0.29) is 0 Å². The molecule has 1 aliphatic rings. The van der Waals surface area contributed by atoms with Crippen molar-refractivity contribution in [1.82, 2.24) is 5.32 Å². The molecule has 1 aromatic carbocycles. The maximum absolute atomic E-state index is 5.90. The number of anilines is 1. The molecule has 1 aliphatic heterocycles. The molecule has 0 bridgehead atoms. The molecule has 2 heterocycles. The summed E-state index contributed by atoms with van der Waals surface area (Å²) in [6.07, 6.45) is 1.20. The lowest BCUT2D eigenvalue weighted by atomic mass is 10.2. The highest BCUT2D eigenvalue weighted by molar-refractivity contribution is 7.14. The van der Waals surface area contributed by atoms with Crippen LogP contribution in [-0.4, -0.2) is 19.1 Å². The summed E-state index contributed by atoms with van der Waals surface area (Å²) in [7, 11) is 0. The summed E-state index contributed by atoms with van der Waals surface area (Å²) in [5.41, 5.74) is 2.45. The second-order valence-corrected chi connectivity index (χ2v) is 5.89. The first-order valence-electron chi connectivity index (χ1n) is 6.13. The molecule has 1 fully saturated rings. The molecule has 0 saturated carbocycles. The smallest absolute Gasteiger partial charge is 0.0457 e. The van der Waals surface area contributed by atoms with Crippen molar-refractivity contribution in [1.29, 1.82) is 0 Å². The van der Waals surface area contributed by atoms with E-state index >= 15 is 0 Å². The highest BCUT2D eigenvalue weighted by Crippen LogP contribution is 2.31. The van der Waals surface area contributed by atoms with Gasteiger partial charge >= 0.3 is 0 Å². The summed E-state index contributed by atoms with van der Waals surface area (Å²) in [4.78, 5) is 1.28. The number of benzene rings is 1. The highest BCUT2D eigenvalue weighted by atomic mass is 35.5. The molecule has 0 spiro atoms. The number of hydrogen-bond acceptors (Lipinski definition) is 3. The lowest BCUT2D eigenvalue weighted by Crippen LogP contribution is -2.21. The zero-order valence-electron chi connectivity index (χ0n) is 9.95. The van der Waals surface area contributed by atoms with Crippen LogP contribution < -0.4 is 10.6 Å². The largest absolute Gasteiger partial charge is 0.380 e. The van der Waals surface area contributed by atoms with E-state index in [4.69, 9.17) is 11.6 Å². The number of halogens is 1. The van der Waals surface area contributed by atoms with Gasteiger partial charge in [0.2, 0.25) is 0 Å². The molecule has 2 nitrogen and oxygen atoms in total. The predicted molar refractivity (Wildman–Crippen MR) is 79.7 cm³/mol. The summed E-state index contributed by atoms with van der Waals surface area (Å²) < 4.78 is 0. The standard InChI is InChI=1S/C14H15ClN2S/c15-11-3-1-10(2-4-11)14-7-13(9-18-14)17-12-5-6-16-8-12/h1-4,7,9,12,16-17H,5-6,8H2. The van der Waals surface area contributed by atoms with Crippen molar-refractivity contribution in [3.8, 4) is 10.4 Å². The van der Waals surface area contributed by atoms with Gasteiger partial charge in [-0.25, -0.2) is 0 Å². The van der Waals surface area contributed by atoms with Crippen LogP contribution >= 0.6 is 22.9 Å². The summed E-state index contributed by atoms with van der Waals surface area (Å²) in [6.45, 7) is 2.18. The molecule has 2 aromatic rings. The zero-order chi connectivity index (χ0) is 12.4. The van der Waals surface area contributed by atoms with Gasteiger partial charge in [0.25, 0.3) is 0 Å². The van der Waals surface area contributed by atoms with Crippen molar-refractivity contribution < 1.29 is 0 Å². The minimum Gasteiger partial charge on any atom is -0.380 e. The topological polar surface area (TPSA) is 24.1 Å². The van der Waals surface area contributed by atoms with Crippen molar-refractivity contribution in [3.63, 3.8) is 0 Å². The predicted octanol–water partition coefficient (Wildman–Crippen LogP) is 3.84. The Bertz CT molecular complexity index is 515. The first kappa shape index (κ1) is 12.0. The first-order chi connectivity index (χ1) is 8.81. The van der Waals surface area contributed by atoms with E-state index in [1.165, 1.54) is 22.5 Å². The SMILES string of the molecule is Clc1ccc(-c2cc(NC3CCNC3)cs2)cc1. The van der Waals surface area contributed by atoms with Gasteiger partial charge in [-0.05, 0) is 36.7 Å². The molecule has 4 heteroatoms. The molecule has 3 rings (SSSR count). The monoisotopic (exact) mass is 278 g/mol. The molecule has 1 atom stereocenters. The third-order valence-electron chi connectivity index (χ3n) is 3.16. The van der Waals surface area contributed by atoms with Crippen molar-refractivity contribution >= 4 is 28.6 Å². The fourth-order valence-corrected chi connectivity index (χ4v) is 3.17. The van der Waals surface area contributed by atoms with Crippen LogP contribution in [0.1, 0.15) is 6.42 Å². The molecular weight excluding hydrogens is 264 g/mol. The molecule has 94 valence electrons. The van der Waals surface area contributed by atoms with E-state index in [0.29, 0.717) is 6.04 Å². The molecule has 0 radical (unpaired) electrons. The van der Waals surface area contributed by atoms with Gasteiger partial charge in [-0.15, -0.1) is 11.3 Å². The Balaban J connectivity index is 1.74. The second-order valence-electron chi connectivity index (χ2n) is 4.54. The van der Waals surface area contributed by atoms with Crippen molar-refractivity contribution in [2.24, 2.45) is 0 Å². The van der Waals surface area contributed by atoms with Crippen LogP contribution in [0, 0.1) is 0 Å². The molecule has 18 heavy (non-hydrogen) atoms. The van der Waals surface area contributed by atoms with Crippen LogP contribution in [-0.2, 0) is 0 Å². The highest BCUT2D eigenvalue weighted by Gasteiger charge is 2.14. The average Bonchev–Trinajstić information content (AvgIpc) is 3.02. The average molecular weight is 279 g/mol. The Hall–Kier alpha value is -1.03. The lowest BCUT2D eigenvalue weighted by Gasteiger charge is -2.10. The van der Waals surface area contributed by atoms with Crippen molar-refractivity contribution in [2.75, 3.05) is 18.4 Å². The van der Waals surface area contributed by atoms with Gasteiger partial charge in [0.1, 0.15) is 0 Å². The molecular formula is C14H15ClN2S. The molecule has 1 unspecified atom stereocenters. The second kappa shape index (κ2) is 5.31. The van der Waals surface area contributed by atoms with Crippen molar-refractivity contribution in [2.45, 2.75) is 12.5 Å². The number of thiophene rings is 1. The van der Waals surface area contributed by atoms with Crippen LogP contribution in [0.4, 0.5) is 5.69 Å². The molecule has 0 aliphatic carbocycles. The van der Waals surface area contributed by atoms with Gasteiger partial charge in [-0.3, -0.25) is 0 Å². The first-order valence-corrected chi connectivity index (χ1v) is 7.39. The van der Waals surface area contributed by atoms with Gasteiger partial charge in [0, 0.05) is 33.6 Å². The van der Waals surface area contributed by atoms with Gasteiger partial charge in [0.15, 0.2) is 0 Å². The summed E-state index contributed by atoms with van der Waals surface area (Å²) in [5.74, 6) is 0. The van der Waals surface area contributed by atoms with E-state index in [2.05, 4.69) is 34.2 Å². The van der Waals surface area contributed by atoms with E-state index in [1.54, 1.807) is 11.3 Å². The summed E-state index contributed by atoms with van der Waals surface area (Å²) in [6, 6.07) is 10.8. The minimum absolute atomic E-state index is 0.567. The summed E-state index contributed by atoms with van der Waals surface area (Å²) >= 11 is 7.67. The van der Waals surface area contributed by atoms with Crippen LogP contribution in [0.5, 0.6) is 0 Å². The third-order valence-corrected chi connectivity index (χ3v) is 4.39. The number of hydrogen-bond donors (Lipinski definition) is 2. The Morgan fingerprint density at radius 3 is 2.83 bits per heavy atom. The van der Waals surface area contributed by atoms with Gasteiger partial charge in [-0.2, -0.15) is 0 Å². The normalized spacial score (nSPS) is 19.1. The molecule has 0 amide bonds. The van der Waals surface area contributed by atoms with Crippen LogP contribution in [0.25, 0.3) is 10.4 Å². The summed E-state index contributed by atoms with van der Waals surface area (Å²) in [5, 5.41) is 9.89. The van der Waals surface area contributed by atoms with Gasteiger partial charge in [0.05, 0.1) is 0 Å². The van der Waals surface area contributed by atoms with E-state index in [1.807, 2.05) is 12.1 Å². The van der Waals surface area contributed by atoms with Crippen LogP contribution in [0.3, 0.4) is 0 Å². The number of rotatable bonds is 3. The Kier molecular flexibility index (Phi) is 3.55. The third kappa shape index (κ3) is 2.69. The fourth-order valence-electron chi connectivity index (χ4n) is 2.19. The van der Waals surface area contributed by atoms with Crippen LogP contribution in [0.2, 0.25) is 5.02 Å². The molecule has 2 N–H and O–H groups in total. The minimum atomic E-state index is 0.567. The Labute approximate surface area is 116 Å². The molecule has 1 saturated heterocycles. The van der Waals surface area contributed by atoms with E-state index in [9.17, 15) is 0 Å². The zero-order valence-corrected chi connectivity index (χ0v) is 11.5. The fraction of sp³-hybridized carbons (Fsp3) is 0.286. The van der Waals surface area contributed by atoms with E-state index in [0.717, 1.165) is 18.1 Å². The van der Waals surface area contributed by atoms with Gasteiger partial charge in [-0.1, -0.05) is 23.7 Å². The lowest BCUT2D eigenvalue weighted by molar-refractivity contribution is 0.794. The molecule has 1 aromatic heterocycles. The Morgan fingerprint density at radius 1 is 1.28 bits per heavy atom. The van der Waals surface area contributed by atoms with Crippen LogP contribution in [0.15, 0.2) is 35.7 Å². The van der Waals surface area contributed by atoms with E-state index < -0.39 is 0 Å². The quantitative estimate of drug-likeness (QED) is 0.891. The maximum Gasteiger partial charge on any atom is 0.0457 e. The maximum atomic E-state index is 5.90. The van der Waals surface area contributed by atoms with Gasteiger partial charge < -0.3 is 10.6 Å². The Morgan fingerprint density at radius 2 is 2.11 bits per heavy atom. The van der Waals surface area contributed by atoms with Crippen molar-refractivity contribution in [3.05, 3.63) is 40.7 Å².